The van der Waals surface area contributed by atoms with Crippen molar-refractivity contribution in [1.82, 2.24) is 9.88 Å². The van der Waals surface area contributed by atoms with E-state index < -0.39 is 4.92 Å². The lowest BCUT2D eigenvalue weighted by Crippen LogP contribution is -2.44. The summed E-state index contributed by atoms with van der Waals surface area (Å²) >= 11 is 1.43. The van der Waals surface area contributed by atoms with Crippen LogP contribution in [-0.2, 0) is 9.59 Å². The molecule has 1 aliphatic rings. The molecule has 0 saturated carbocycles. The number of carbonyl (C=O) groups is 2. The minimum atomic E-state index is -0.555. The molecule has 0 spiro atoms. The van der Waals surface area contributed by atoms with Gasteiger partial charge in [0, 0.05) is 23.2 Å². The van der Waals surface area contributed by atoms with Crippen molar-refractivity contribution in [2.75, 3.05) is 37.4 Å². The predicted molar refractivity (Wildman–Crippen MR) is 118 cm³/mol. The van der Waals surface area contributed by atoms with Crippen LogP contribution in [0.3, 0.4) is 0 Å². The maximum absolute atomic E-state index is 12.7. The first-order chi connectivity index (χ1) is 14.8. The van der Waals surface area contributed by atoms with Gasteiger partial charge in [-0.25, -0.2) is 4.98 Å². The summed E-state index contributed by atoms with van der Waals surface area (Å²) in [5, 5.41) is 17.3. The highest BCUT2D eigenvalue weighted by Gasteiger charge is 2.27. The van der Waals surface area contributed by atoms with Crippen molar-refractivity contribution in [3.8, 4) is 5.75 Å². The fraction of sp³-hybridized carbons (Fsp3) is 0.450. The monoisotopic (exact) mass is 447 g/mol. The smallest absolute Gasteiger partial charge is 0.312 e. The van der Waals surface area contributed by atoms with Crippen molar-refractivity contribution < 1.29 is 19.2 Å². The van der Waals surface area contributed by atoms with E-state index in [9.17, 15) is 19.7 Å². The van der Waals surface area contributed by atoms with Gasteiger partial charge in [0.1, 0.15) is 0 Å². The van der Waals surface area contributed by atoms with E-state index in [-0.39, 0.29) is 35.7 Å². The maximum atomic E-state index is 12.7. The Hall–Kier alpha value is -3.05. The second kappa shape index (κ2) is 9.84. The lowest BCUT2D eigenvalue weighted by atomic mass is 9.97. The number of piperidine rings is 1. The number of benzene rings is 1. The number of amides is 2. The van der Waals surface area contributed by atoms with Crippen LogP contribution < -0.4 is 15.4 Å². The van der Waals surface area contributed by atoms with E-state index in [4.69, 9.17) is 4.74 Å². The van der Waals surface area contributed by atoms with E-state index in [2.05, 4.69) is 15.6 Å². The summed E-state index contributed by atoms with van der Waals surface area (Å²) in [5.74, 6) is -0.577. The molecule has 0 radical (unpaired) electrons. The molecule has 1 fully saturated rings. The van der Waals surface area contributed by atoms with Crippen LogP contribution in [0.25, 0.3) is 0 Å². The lowest BCUT2D eigenvalue weighted by Gasteiger charge is -2.31. The number of nitro groups is 1. The molecule has 31 heavy (non-hydrogen) atoms. The Morgan fingerprint density at radius 2 is 2.13 bits per heavy atom. The highest BCUT2D eigenvalue weighted by Crippen LogP contribution is 2.30. The van der Waals surface area contributed by atoms with Gasteiger partial charge in [-0.15, -0.1) is 11.3 Å². The van der Waals surface area contributed by atoms with Gasteiger partial charge in [-0.05, 0) is 45.4 Å². The van der Waals surface area contributed by atoms with Crippen LogP contribution in [0.2, 0.25) is 0 Å². The Bertz CT molecular complexity index is 973. The normalized spacial score (nSPS) is 16.5. The number of ether oxygens (including phenoxy) is 1. The van der Waals surface area contributed by atoms with Crippen LogP contribution >= 0.6 is 11.3 Å². The van der Waals surface area contributed by atoms with Crippen molar-refractivity contribution in [2.24, 2.45) is 5.92 Å². The highest BCUT2D eigenvalue weighted by atomic mass is 32.1. The number of anilines is 2. The second-order valence-electron chi connectivity index (χ2n) is 7.42. The van der Waals surface area contributed by atoms with E-state index in [1.54, 1.807) is 6.07 Å². The second-order valence-corrected chi connectivity index (χ2v) is 8.62. The summed E-state index contributed by atoms with van der Waals surface area (Å²) in [6, 6.07) is 4.30. The van der Waals surface area contributed by atoms with Crippen molar-refractivity contribution in [3.63, 3.8) is 0 Å². The molecule has 2 amide bonds. The van der Waals surface area contributed by atoms with Crippen LogP contribution in [0.4, 0.5) is 16.5 Å². The SMILES string of the molecule is COc1ccc(NC(=O)C2CCCN(CC(=O)Nc3nc(C)c(C)s3)C2)cc1[N+](=O)[O-]. The first kappa shape index (κ1) is 22.6. The number of aromatic nitrogens is 1. The molecule has 1 atom stereocenters. The van der Waals surface area contributed by atoms with Gasteiger partial charge in [-0.1, -0.05) is 0 Å². The Labute approximate surface area is 183 Å². The molecular formula is C20H25N5O5S. The van der Waals surface area contributed by atoms with Gasteiger partial charge >= 0.3 is 5.69 Å². The molecule has 1 aromatic carbocycles. The molecule has 2 heterocycles. The third kappa shape index (κ3) is 5.76. The zero-order valence-corrected chi connectivity index (χ0v) is 18.5. The largest absolute Gasteiger partial charge is 0.490 e. The summed E-state index contributed by atoms with van der Waals surface area (Å²) < 4.78 is 4.98. The number of carbonyl (C=O) groups excluding carboxylic acids is 2. The number of hydrogen-bond acceptors (Lipinski definition) is 8. The Morgan fingerprint density at radius 3 is 2.77 bits per heavy atom. The van der Waals surface area contributed by atoms with E-state index in [0.717, 1.165) is 23.5 Å². The third-order valence-corrected chi connectivity index (χ3v) is 6.15. The summed E-state index contributed by atoms with van der Waals surface area (Å²) in [4.78, 5) is 43.0. The average molecular weight is 448 g/mol. The minimum absolute atomic E-state index is 0.128. The van der Waals surface area contributed by atoms with Crippen molar-refractivity contribution in [3.05, 3.63) is 38.9 Å². The van der Waals surface area contributed by atoms with E-state index >= 15 is 0 Å². The molecule has 2 aromatic rings. The third-order valence-electron chi connectivity index (χ3n) is 5.16. The molecule has 1 unspecified atom stereocenters. The molecule has 11 heteroatoms. The molecule has 1 saturated heterocycles. The van der Waals surface area contributed by atoms with E-state index in [1.807, 2.05) is 18.7 Å². The van der Waals surface area contributed by atoms with Crippen LogP contribution in [0.5, 0.6) is 5.75 Å². The first-order valence-corrected chi connectivity index (χ1v) is 10.7. The van der Waals surface area contributed by atoms with Gasteiger partial charge in [0.25, 0.3) is 0 Å². The molecule has 3 rings (SSSR count). The van der Waals surface area contributed by atoms with Crippen LogP contribution in [0, 0.1) is 29.9 Å². The molecule has 166 valence electrons. The molecule has 10 nitrogen and oxygen atoms in total. The number of rotatable bonds is 7. The predicted octanol–water partition coefficient (Wildman–Crippen LogP) is 2.97. The molecule has 0 aliphatic carbocycles. The number of thiazole rings is 1. The first-order valence-electron chi connectivity index (χ1n) is 9.86. The van der Waals surface area contributed by atoms with E-state index in [0.29, 0.717) is 23.8 Å². The Morgan fingerprint density at radius 1 is 1.35 bits per heavy atom. The van der Waals surface area contributed by atoms with Crippen LogP contribution in [-0.4, -0.2) is 53.4 Å². The fourth-order valence-corrected chi connectivity index (χ4v) is 4.29. The van der Waals surface area contributed by atoms with Gasteiger partial charge in [-0.3, -0.25) is 24.6 Å². The summed E-state index contributed by atoms with van der Waals surface area (Å²) in [7, 11) is 1.35. The number of aryl methyl sites for hydroxylation is 2. The Balaban J connectivity index is 1.57. The summed E-state index contributed by atoms with van der Waals surface area (Å²) in [5.41, 5.74) is 1.02. The van der Waals surface area contributed by atoms with Crippen LogP contribution in [0.1, 0.15) is 23.4 Å². The summed E-state index contributed by atoms with van der Waals surface area (Å²) in [6.45, 7) is 5.19. The van der Waals surface area contributed by atoms with Gasteiger partial charge in [-0.2, -0.15) is 0 Å². The molecule has 0 bridgehead atoms. The van der Waals surface area contributed by atoms with Crippen LogP contribution in [0.15, 0.2) is 18.2 Å². The quantitative estimate of drug-likeness (QED) is 0.493. The zero-order valence-electron chi connectivity index (χ0n) is 17.6. The average Bonchev–Trinajstić information content (AvgIpc) is 3.04. The van der Waals surface area contributed by atoms with Gasteiger partial charge in [0.05, 0.1) is 30.2 Å². The standard InChI is InChI=1S/C20H25N5O5S/c1-12-13(2)31-20(21-12)23-18(26)11-24-8-4-5-14(10-24)19(27)22-15-6-7-17(30-3)16(9-15)25(28)29/h6-7,9,14H,4-5,8,10-11H2,1-3H3,(H,22,27)(H,21,23,26). The molecule has 1 aliphatic heterocycles. The number of nitro benzene ring substituents is 1. The molecule has 2 N–H and O–H groups in total. The lowest BCUT2D eigenvalue weighted by molar-refractivity contribution is -0.385. The number of nitrogens with one attached hydrogen (secondary N) is 2. The number of likely N-dealkylation sites (tertiary alicyclic amines) is 1. The number of nitrogens with zero attached hydrogens (tertiary/aromatic N) is 3. The minimum Gasteiger partial charge on any atom is -0.490 e. The van der Waals surface area contributed by atoms with Crippen molar-refractivity contribution in [1.29, 1.82) is 0 Å². The zero-order chi connectivity index (χ0) is 22.5. The fourth-order valence-electron chi connectivity index (χ4n) is 3.46. The topological polar surface area (TPSA) is 127 Å². The van der Waals surface area contributed by atoms with Gasteiger partial charge in [0.2, 0.25) is 11.8 Å². The van der Waals surface area contributed by atoms with E-state index in [1.165, 1.54) is 30.6 Å². The van der Waals surface area contributed by atoms with Gasteiger partial charge in [0.15, 0.2) is 10.9 Å². The van der Waals surface area contributed by atoms with Crippen molar-refractivity contribution in [2.45, 2.75) is 26.7 Å². The Kier molecular flexibility index (Phi) is 7.18. The summed E-state index contributed by atoms with van der Waals surface area (Å²) in [6.07, 6.45) is 1.47. The van der Waals surface area contributed by atoms with Gasteiger partial charge < -0.3 is 15.4 Å². The maximum Gasteiger partial charge on any atom is 0.312 e. The molecular weight excluding hydrogens is 422 g/mol. The number of hydrogen-bond donors (Lipinski definition) is 2. The highest BCUT2D eigenvalue weighted by molar-refractivity contribution is 7.15. The number of methoxy groups -OCH3 is 1. The van der Waals surface area contributed by atoms with Crippen molar-refractivity contribution >= 4 is 39.7 Å². The molecule has 1 aromatic heterocycles.